The van der Waals surface area contributed by atoms with Gasteiger partial charge in [-0.3, -0.25) is 9.59 Å². The summed E-state index contributed by atoms with van der Waals surface area (Å²) >= 11 is 10.9. The molecule has 0 spiro atoms. The number of nitrogens with one attached hydrogen (secondary N) is 1. The van der Waals surface area contributed by atoms with Gasteiger partial charge in [0.05, 0.1) is 37.5 Å². The van der Waals surface area contributed by atoms with Crippen molar-refractivity contribution in [2.45, 2.75) is 95.5 Å². The number of carbonyl (C=O) groups is 4. The Morgan fingerprint density at radius 1 is 1.27 bits per heavy atom. The van der Waals surface area contributed by atoms with Crippen molar-refractivity contribution in [1.29, 1.82) is 0 Å². The summed E-state index contributed by atoms with van der Waals surface area (Å²) in [5.74, 6) is -0.958. The Bertz CT molecular complexity index is 1490. The maximum Gasteiger partial charge on any atom is 0.407 e. The molecule has 49 heavy (non-hydrogen) atoms. The molecule has 2 fully saturated rings. The fourth-order valence-corrected chi connectivity index (χ4v) is 6.94. The van der Waals surface area contributed by atoms with E-state index in [-0.39, 0.29) is 35.7 Å². The summed E-state index contributed by atoms with van der Waals surface area (Å²) in [5.41, 5.74) is 1.19. The smallest absolute Gasteiger partial charge is 0.407 e. The number of hydrogen-bond donors (Lipinski definition) is 2. The van der Waals surface area contributed by atoms with Crippen molar-refractivity contribution in [2.75, 3.05) is 39.0 Å². The number of ether oxygens (including phenoxy) is 5. The van der Waals surface area contributed by atoms with Gasteiger partial charge in [0.1, 0.15) is 34.6 Å². The van der Waals surface area contributed by atoms with Crippen molar-refractivity contribution in [2.24, 2.45) is 5.92 Å². The quantitative estimate of drug-likeness (QED) is 0.237. The van der Waals surface area contributed by atoms with Crippen LogP contribution in [0.1, 0.15) is 52.5 Å². The summed E-state index contributed by atoms with van der Waals surface area (Å²) in [5, 5.41) is 3.13. The Morgan fingerprint density at radius 2 is 1.98 bits per heavy atom. The second kappa shape index (κ2) is 16.2. The van der Waals surface area contributed by atoms with Crippen molar-refractivity contribution in [3.8, 4) is 5.75 Å². The average Bonchev–Trinajstić information content (AvgIpc) is 3.77. The molecule has 14 heteroatoms. The van der Waals surface area contributed by atoms with E-state index in [1.165, 1.54) is 24.0 Å². The van der Waals surface area contributed by atoms with Crippen molar-refractivity contribution in [1.82, 2.24) is 10.2 Å². The Labute approximate surface area is 298 Å². The van der Waals surface area contributed by atoms with Crippen LogP contribution in [0.4, 0.5) is 10.5 Å². The molecule has 12 nitrogen and oxygen atoms in total. The SMILES string of the molecule is COc1cc2cc(c1Cl)N(C)C(=O)C[C@H](OC(=O)[C@H](C)N(C)C(=O)CCS)[C@]1(C)O[C@H]1[C@H](C)C1CC(NC(=O)O1)[C@H](OC)/C=C/C=C(\C)C2. The highest BCUT2D eigenvalue weighted by atomic mass is 35.5. The van der Waals surface area contributed by atoms with Crippen LogP contribution in [0.3, 0.4) is 0 Å². The molecule has 0 aromatic heterocycles. The molecule has 8 atom stereocenters. The maximum atomic E-state index is 14.0. The van der Waals surface area contributed by atoms with Gasteiger partial charge in [0.15, 0.2) is 0 Å². The van der Waals surface area contributed by atoms with E-state index in [1.807, 2.05) is 44.2 Å². The maximum absolute atomic E-state index is 14.0. The van der Waals surface area contributed by atoms with Gasteiger partial charge in [0.25, 0.3) is 0 Å². The van der Waals surface area contributed by atoms with E-state index in [2.05, 4.69) is 17.9 Å². The summed E-state index contributed by atoms with van der Waals surface area (Å²) in [6, 6.07) is 2.34. The second-order valence-corrected chi connectivity index (χ2v) is 14.0. The Morgan fingerprint density at radius 3 is 2.63 bits per heavy atom. The van der Waals surface area contributed by atoms with Crippen LogP contribution in [0.2, 0.25) is 5.02 Å². The minimum absolute atomic E-state index is 0.151. The molecule has 1 aromatic carbocycles. The van der Waals surface area contributed by atoms with Crippen molar-refractivity contribution < 1.29 is 42.9 Å². The van der Waals surface area contributed by atoms with Crippen molar-refractivity contribution >= 4 is 53.8 Å². The van der Waals surface area contributed by atoms with Gasteiger partial charge >= 0.3 is 12.1 Å². The standard InChI is InChI=1S/C35H48ClN3O9S/c1-19-10-9-11-25(44-7)23-17-26(46-34(43)37-23)20(2)32-35(4,48-32)28(47-33(42)21(3)38(5)29(40)12-13-49)18-30(41)39(6)24-15-22(14-19)16-27(45-8)31(24)36/h9-11,15-16,20-21,23,25-26,28,32,49H,12-14,17-18H2,1-8H3,(H,37,43)/b11-9+,19-10+/t20-,21+,23?,25-,26?,28+,32+,35+/m1/s1. The van der Waals surface area contributed by atoms with Crippen molar-refractivity contribution in [3.05, 3.63) is 46.5 Å². The summed E-state index contributed by atoms with van der Waals surface area (Å²) < 4.78 is 29.4. The van der Waals surface area contributed by atoms with E-state index in [4.69, 9.17) is 35.3 Å². The number of esters is 1. The monoisotopic (exact) mass is 721 g/mol. The highest BCUT2D eigenvalue weighted by Crippen LogP contribution is 2.49. The number of amides is 3. The molecule has 0 aliphatic carbocycles. The summed E-state index contributed by atoms with van der Waals surface area (Å²) in [6.07, 6.45) is 3.45. The molecule has 1 N–H and O–H groups in total. The van der Waals surface area contributed by atoms with Crippen LogP contribution in [0.25, 0.3) is 0 Å². The van der Waals surface area contributed by atoms with Crippen LogP contribution in [0.15, 0.2) is 35.9 Å². The third kappa shape index (κ3) is 8.73. The lowest BCUT2D eigenvalue weighted by molar-refractivity contribution is -0.161. The zero-order valence-corrected chi connectivity index (χ0v) is 31.0. The number of benzene rings is 1. The van der Waals surface area contributed by atoms with E-state index >= 15 is 0 Å². The van der Waals surface area contributed by atoms with Gasteiger partial charge in [0.2, 0.25) is 11.8 Å². The largest absolute Gasteiger partial charge is 0.495 e. The first kappa shape index (κ1) is 38.5. The number of methoxy groups -OCH3 is 2. The van der Waals surface area contributed by atoms with E-state index in [0.717, 1.165) is 11.1 Å². The lowest BCUT2D eigenvalue weighted by atomic mass is 9.84. The van der Waals surface area contributed by atoms with Crippen LogP contribution < -0.4 is 15.0 Å². The molecule has 0 saturated carbocycles. The first-order valence-corrected chi connectivity index (χ1v) is 17.4. The van der Waals surface area contributed by atoms with Crippen LogP contribution in [-0.4, -0.2) is 105 Å². The van der Waals surface area contributed by atoms with Gasteiger partial charge in [-0.15, -0.1) is 0 Å². The molecule has 4 bridgehead atoms. The lowest BCUT2D eigenvalue weighted by Crippen LogP contribution is -2.53. The molecule has 3 amide bonds. The third-order valence-electron chi connectivity index (χ3n) is 9.77. The van der Waals surface area contributed by atoms with E-state index < -0.39 is 54.0 Å². The number of likely N-dealkylation sites (N-methyl/N-ethyl adjacent to an activating group) is 1. The highest BCUT2D eigenvalue weighted by Gasteiger charge is 2.64. The lowest BCUT2D eigenvalue weighted by Gasteiger charge is -2.36. The number of anilines is 1. The molecular formula is C35H48ClN3O9S. The van der Waals surface area contributed by atoms with Crippen LogP contribution in [0.5, 0.6) is 5.75 Å². The number of hydrogen-bond acceptors (Lipinski definition) is 10. The molecule has 2 saturated heterocycles. The summed E-state index contributed by atoms with van der Waals surface area (Å²) in [6.45, 7) is 7.22. The predicted molar refractivity (Wildman–Crippen MR) is 188 cm³/mol. The molecule has 3 aliphatic heterocycles. The number of alkyl carbamates (subject to hydrolysis) is 1. The van der Waals surface area contributed by atoms with Gasteiger partial charge in [-0.05, 0) is 50.6 Å². The summed E-state index contributed by atoms with van der Waals surface area (Å²) in [4.78, 5) is 55.6. The number of fused-ring (bicyclic) bond motifs is 5. The number of allylic oxidation sites excluding steroid dienone is 3. The number of epoxide rings is 1. The minimum atomic E-state index is -1.11. The fourth-order valence-electron chi connectivity index (χ4n) is 6.44. The Kier molecular flexibility index (Phi) is 12.7. The second-order valence-electron chi connectivity index (χ2n) is 13.2. The molecule has 1 aromatic rings. The molecule has 3 heterocycles. The van der Waals surface area contributed by atoms with E-state index in [1.54, 1.807) is 28.0 Å². The molecule has 3 aliphatic rings. The van der Waals surface area contributed by atoms with Crippen LogP contribution in [0, 0.1) is 5.92 Å². The summed E-state index contributed by atoms with van der Waals surface area (Å²) in [7, 11) is 6.21. The number of halogens is 1. The Balaban J connectivity index is 1.75. The van der Waals surface area contributed by atoms with Crippen LogP contribution in [-0.2, 0) is 39.8 Å². The van der Waals surface area contributed by atoms with E-state index in [9.17, 15) is 19.2 Å². The highest BCUT2D eigenvalue weighted by molar-refractivity contribution is 7.80. The first-order chi connectivity index (χ1) is 23.1. The van der Waals surface area contributed by atoms with Gasteiger partial charge in [-0.1, -0.05) is 42.3 Å². The number of thiol groups is 1. The van der Waals surface area contributed by atoms with Gasteiger partial charge in [-0.2, -0.15) is 12.6 Å². The van der Waals surface area contributed by atoms with E-state index in [0.29, 0.717) is 30.0 Å². The number of rotatable bonds is 7. The van der Waals surface area contributed by atoms with Crippen LogP contribution >= 0.6 is 24.2 Å². The fraction of sp³-hybridized carbons (Fsp3) is 0.600. The first-order valence-electron chi connectivity index (χ1n) is 16.4. The zero-order valence-electron chi connectivity index (χ0n) is 29.4. The molecule has 270 valence electrons. The van der Waals surface area contributed by atoms with Gasteiger partial charge in [-0.25, -0.2) is 9.59 Å². The van der Waals surface area contributed by atoms with Gasteiger partial charge < -0.3 is 38.8 Å². The number of nitrogens with zero attached hydrogens (tertiary/aromatic N) is 2. The topological polar surface area (TPSA) is 136 Å². The zero-order chi connectivity index (χ0) is 36.2. The predicted octanol–water partition coefficient (Wildman–Crippen LogP) is 4.51. The minimum Gasteiger partial charge on any atom is -0.495 e. The molecule has 2 unspecified atom stereocenters. The molecule has 0 radical (unpaired) electrons. The normalized spacial score (nSPS) is 31.2. The molecular weight excluding hydrogens is 674 g/mol. The van der Waals surface area contributed by atoms with Crippen molar-refractivity contribution in [3.63, 3.8) is 0 Å². The Hall–Kier alpha value is -3.26. The third-order valence-corrected chi connectivity index (χ3v) is 10.4. The molecule has 4 rings (SSSR count). The number of carbonyl (C=O) groups excluding carboxylic acids is 4. The van der Waals surface area contributed by atoms with Gasteiger partial charge in [0, 0.05) is 40.0 Å². The average molecular weight is 722 g/mol.